The summed E-state index contributed by atoms with van der Waals surface area (Å²) in [6, 6.07) is 12.1. The number of amides is 1. The van der Waals surface area contributed by atoms with E-state index in [2.05, 4.69) is 20.7 Å². The van der Waals surface area contributed by atoms with Crippen molar-refractivity contribution >= 4 is 23.5 Å². The molecule has 0 bridgehead atoms. The van der Waals surface area contributed by atoms with Gasteiger partial charge in [-0.1, -0.05) is 30.3 Å². The van der Waals surface area contributed by atoms with Crippen molar-refractivity contribution in [3.63, 3.8) is 0 Å². The van der Waals surface area contributed by atoms with E-state index >= 15 is 0 Å². The number of carbonyl (C=O) groups is 1. The third-order valence-corrected chi connectivity index (χ3v) is 3.77. The van der Waals surface area contributed by atoms with Gasteiger partial charge in [-0.2, -0.15) is 10.2 Å². The maximum absolute atomic E-state index is 12.1. The predicted molar refractivity (Wildman–Crippen MR) is 100 cm³/mol. The first-order valence-electron chi connectivity index (χ1n) is 7.97. The number of H-pyrrole nitrogens is 1. The smallest absolute Gasteiger partial charge is 0.318 e. The van der Waals surface area contributed by atoms with Crippen molar-refractivity contribution in [1.82, 2.24) is 15.6 Å². The van der Waals surface area contributed by atoms with Gasteiger partial charge < -0.3 is 5.11 Å². The van der Waals surface area contributed by atoms with E-state index in [9.17, 15) is 30.1 Å². The number of nitrogens with zero attached hydrogens (tertiary/aromatic N) is 4. The summed E-state index contributed by atoms with van der Waals surface area (Å²) < 4.78 is 0. The molecule has 0 aliphatic heterocycles. The summed E-state index contributed by atoms with van der Waals surface area (Å²) in [4.78, 5) is 32.2. The number of aromatic hydroxyl groups is 1. The predicted octanol–water partition coefficient (Wildman–Crippen LogP) is 2.36. The lowest BCUT2D eigenvalue weighted by molar-refractivity contribution is -0.394. The lowest BCUT2D eigenvalue weighted by atomic mass is 10.1. The standard InChI is InChI=1S/C17H12N6O6/c24-16-11(6-12(22(26)27)7-15(16)23(28)29)9-18-21-17(25)14-8-13(19-20-14)10-4-2-1-3-5-10/h1-9,24H,(H,19,20)(H,21,25)/b18-9+. The van der Waals surface area contributed by atoms with Crippen LogP contribution in [0.15, 0.2) is 53.6 Å². The molecule has 2 aromatic carbocycles. The van der Waals surface area contributed by atoms with Gasteiger partial charge in [-0.05, 0) is 6.07 Å². The highest BCUT2D eigenvalue weighted by Crippen LogP contribution is 2.33. The Morgan fingerprint density at radius 1 is 1.14 bits per heavy atom. The second kappa shape index (κ2) is 7.96. The van der Waals surface area contributed by atoms with E-state index in [-0.39, 0.29) is 11.3 Å². The summed E-state index contributed by atoms with van der Waals surface area (Å²) >= 11 is 0. The van der Waals surface area contributed by atoms with E-state index in [0.29, 0.717) is 11.8 Å². The fraction of sp³-hybridized carbons (Fsp3) is 0. The SMILES string of the molecule is O=C(N/N=C/c1cc([N+](=O)[O-])cc([N+](=O)[O-])c1O)c1cc(-c2ccccc2)n[nH]1. The average molecular weight is 396 g/mol. The van der Waals surface area contributed by atoms with E-state index in [4.69, 9.17) is 0 Å². The zero-order valence-corrected chi connectivity index (χ0v) is 14.5. The lowest BCUT2D eigenvalue weighted by Gasteiger charge is -2.01. The summed E-state index contributed by atoms with van der Waals surface area (Å²) in [7, 11) is 0. The van der Waals surface area contributed by atoms with Crippen molar-refractivity contribution in [1.29, 1.82) is 0 Å². The molecule has 12 heteroatoms. The topological polar surface area (TPSA) is 177 Å². The number of aromatic nitrogens is 2. The summed E-state index contributed by atoms with van der Waals surface area (Å²) in [5.74, 6) is -1.48. The Morgan fingerprint density at radius 3 is 2.52 bits per heavy atom. The van der Waals surface area contributed by atoms with Crippen LogP contribution in [0.25, 0.3) is 11.3 Å². The number of nitrogens with one attached hydrogen (secondary N) is 2. The quantitative estimate of drug-likeness (QED) is 0.325. The van der Waals surface area contributed by atoms with Crippen LogP contribution >= 0.6 is 0 Å². The number of benzene rings is 2. The third kappa shape index (κ3) is 4.21. The molecule has 1 aromatic heterocycles. The minimum atomic E-state index is -0.964. The number of aromatic amines is 1. The van der Waals surface area contributed by atoms with Crippen LogP contribution in [0.4, 0.5) is 11.4 Å². The number of hydrogen-bond acceptors (Lipinski definition) is 8. The molecule has 0 saturated heterocycles. The van der Waals surface area contributed by atoms with Crippen molar-refractivity contribution < 1.29 is 19.7 Å². The fourth-order valence-corrected chi connectivity index (χ4v) is 2.38. The number of carbonyl (C=O) groups excluding carboxylic acids is 1. The molecule has 0 aliphatic rings. The number of non-ortho nitro benzene ring substituents is 1. The van der Waals surface area contributed by atoms with Crippen LogP contribution in [-0.4, -0.2) is 37.3 Å². The minimum absolute atomic E-state index is 0.0928. The summed E-state index contributed by atoms with van der Waals surface area (Å²) in [6.07, 6.45) is 0.863. The van der Waals surface area contributed by atoms with Gasteiger partial charge in [-0.15, -0.1) is 0 Å². The van der Waals surface area contributed by atoms with E-state index in [1.54, 1.807) is 0 Å². The first-order valence-corrected chi connectivity index (χ1v) is 7.97. The van der Waals surface area contributed by atoms with Crippen molar-refractivity contribution in [2.75, 3.05) is 0 Å². The normalized spacial score (nSPS) is 10.8. The van der Waals surface area contributed by atoms with Crippen molar-refractivity contribution in [2.45, 2.75) is 0 Å². The summed E-state index contributed by atoms with van der Waals surface area (Å²) in [5.41, 5.74) is 1.80. The molecule has 0 radical (unpaired) electrons. The Hall–Kier alpha value is -4.61. The molecule has 3 aromatic rings. The molecule has 0 fully saturated rings. The van der Waals surface area contributed by atoms with E-state index in [0.717, 1.165) is 17.8 Å². The number of nitro groups is 2. The van der Waals surface area contributed by atoms with E-state index in [1.807, 2.05) is 30.3 Å². The number of phenols is 1. The number of phenolic OH excluding ortho intramolecular Hbond substituents is 1. The monoisotopic (exact) mass is 396 g/mol. The van der Waals surface area contributed by atoms with Crippen LogP contribution in [0, 0.1) is 20.2 Å². The van der Waals surface area contributed by atoms with Gasteiger partial charge in [0.2, 0.25) is 5.75 Å². The molecule has 146 valence electrons. The van der Waals surface area contributed by atoms with Crippen LogP contribution < -0.4 is 5.43 Å². The van der Waals surface area contributed by atoms with Gasteiger partial charge in [0, 0.05) is 11.6 Å². The maximum atomic E-state index is 12.1. The Kier molecular flexibility index (Phi) is 5.26. The summed E-state index contributed by atoms with van der Waals surface area (Å²) in [6.45, 7) is 0. The number of rotatable bonds is 6. The molecule has 1 amide bonds. The number of nitro benzene ring substituents is 2. The molecule has 1 heterocycles. The van der Waals surface area contributed by atoms with Gasteiger partial charge in [-0.3, -0.25) is 30.1 Å². The van der Waals surface area contributed by atoms with Gasteiger partial charge in [0.05, 0.1) is 33.4 Å². The molecular weight excluding hydrogens is 384 g/mol. The van der Waals surface area contributed by atoms with Crippen LogP contribution in [0.5, 0.6) is 5.75 Å². The molecule has 0 saturated carbocycles. The number of hydrogen-bond donors (Lipinski definition) is 3. The van der Waals surface area contributed by atoms with Gasteiger partial charge in [0.25, 0.3) is 11.6 Å². The van der Waals surface area contributed by atoms with Gasteiger partial charge in [-0.25, -0.2) is 5.43 Å². The van der Waals surface area contributed by atoms with Gasteiger partial charge in [0.15, 0.2) is 0 Å². The minimum Gasteiger partial charge on any atom is -0.502 e. The molecule has 0 spiro atoms. The molecular formula is C17H12N6O6. The molecule has 0 aliphatic carbocycles. The lowest BCUT2D eigenvalue weighted by Crippen LogP contribution is -2.18. The van der Waals surface area contributed by atoms with Crippen LogP contribution in [-0.2, 0) is 0 Å². The first kappa shape index (κ1) is 19.2. The highest BCUT2D eigenvalue weighted by molar-refractivity contribution is 5.94. The molecule has 3 rings (SSSR count). The molecule has 12 nitrogen and oxygen atoms in total. The fourth-order valence-electron chi connectivity index (χ4n) is 2.38. The largest absolute Gasteiger partial charge is 0.502 e. The highest BCUT2D eigenvalue weighted by Gasteiger charge is 2.23. The maximum Gasteiger partial charge on any atom is 0.318 e. The zero-order valence-electron chi connectivity index (χ0n) is 14.5. The highest BCUT2D eigenvalue weighted by atomic mass is 16.6. The molecule has 0 atom stereocenters. The van der Waals surface area contributed by atoms with Crippen LogP contribution in [0.3, 0.4) is 0 Å². The van der Waals surface area contributed by atoms with Crippen LogP contribution in [0.2, 0.25) is 0 Å². The summed E-state index contributed by atoms with van der Waals surface area (Å²) in [5, 5.41) is 41.9. The second-order valence-corrected chi connectivity index (χ2v) is 5.65. The Bertz CT molecular complexity index is 1120. The Morgan fingerprint density at radius 2 is 1.86 bits per heavy atom. The van der Waals surface area contributed by atoms with Crippen molar-refractivity contribution in [2.24, 2.45) is 5.10 Å². The third-order valence-electron chi connectivity index (χ3n) is 3.77. The molecule has 29 heavy (non-hydrogen) atoms. The van der Waals surface area contributed by atoms with Crippen molar-refractivity contribution in [3.8, 4) is 17.0 Å². The zero-order chi connectivity index (χ0) is 21.0. The number of hydrazone groups is 1. The van der Waals surface area contributed by atoms with E-state index < -0.39 is 32.9 Å². The van der Waals surface area contributed by atoms with E-state index in [1.165, 1.54) is 6.07 Å². The van der Waals surface area contributed by atoms with Crippen LogP contribution in [0.1, 0.15) is 16.1 Å². The van der Waals surface area contributed by atoms with Gasteiger partial charge >= 0.3 is 5.69 Å². The van der Waals surface area contributed by atoms with Crippen molar-refractivity contribution in [3.05, 3.63) is 80.0 Å². The van der Waals surface area contributed by atoms with Gasteiger partial charge in [0.1, 0.15) is 5.69 Å². The molecule has 0 unspecified atom stereocenters. The Labute approximate surface area is 161 Å². The Balaban J connectivity index is 1.78. The molecule has 3 N–H and O–H groups in total. The second-order valence-electron chi connectivity index (χ2n) is 5.65. The first-order chi connectivity index (χ1) is 13.9. The average Bonchev–Trinajstić information content (AvgIpc) is 3.19.